The molecule has 37 heavy (non-hydrogen) atoms. The number of amides is 2. The predicted octanol–water partition coefficient (Wildman–Crippen LogP) is 7.24. The smallest absolute Gasteiger partial charge is 0.412 e. The molecular weight excluding hydrogens is 484 g/mol. The Kier molecular flexibility index (Phi) is 8.65. The summed E-state index contributed by atoms with van der Waals surface area (Å²) in [4.78, 5) is 26.5. The molecule has 2 aromatic carbocycles. The predicted molar refractivity (Wildman–Crippen MR) is 149 cm³/mol. The van der Waals surface area contributed by atoms with Crippen LogP contribution in [0.1, 0.15) is 62.4 Å². The van der Waals surface area contributed by atoms with E-state index in [9.17, 15) is 9.59 Å². The van der Waals surface area contributed by atoms with Gasteiger partial charge >= 0.3 is 12.2 Å². The maximum Gasteiger partial charge on any atom is 0.412 e. The second kappa shape index (κ2) is 11.7. The first kappa shape index (κ1) is 27.4. The van der Waals surface area contributed by atoms with Crippen molar-refractivity contribution in [3.63, 3.8) is 0 Å². The fourth-order valence-corrected chi connectivity index (χ4v) is 3.88. The van der Waals surface area contributed by atoms with Crippen molar-refractivity contribution in [3.8, 4) is 23.7 Å². The summed E-state index contributed by atoms with van der Waals surface area (Å²) in [5.41, 5.74) is 0.766. The maximum atomic E-state index is 12.8. The highest BCUT2D eigenvalue weighted by Crippen LogP contribution is 2.38. The third-order valence-corrected chi connectivity index (χ3v) is 5.37. The number of carbonyl (C=O) groups excluding carboxylic acids is 2. The van der Waals surface area contributed by atoms with Crippen molar-refractivity contribution in [1.29, 1.82) is 0 Å². The third kappa shape index (κ3) is 9.07. The van der Waals surface area contributed by atoms with Gasteiger partial charge in [-0.25, -0.2) is 9.59 Å². The standard InChI is InChI=1S/C30H30N2O4S/c1-29(2,3)35-27(33)31-25-23(19-17-21-13-9-7-10-14-21)37-24(20-18-22-15-11-8-12-16-22)26(25)32-28(34)36-30(4,5)6/h7-16H,1-6H3,(H,31,33)(H,32,34). The van der Waals surface area contributed by atoms with E-state index in [0.29, 0.717) is 21.1 Å². The molecule has 0 fully saturated rings. The van der Waals surface area contributed by atoms with Crippen molar-refractivity contribution in [2.75, 3.05) is 10.6 Å². The molecule has 0 aliphatic rings. The van der Waals surface area contributed by atoms with Crippen LogP contribution in [-0.4, -0.2) is 23.4 Å². The molecule has 3 rings (SSSR count). The van der Waals surface area contributed by atoms with Gasteiger partial charge in [0.1, 0.15) is 21.0 Å². The molecule has 1 heterocycles. The molecule has 0 bridgehead atoms. The average Bonchev–Trinajstić information content (AvgIpc) is 3.11. The summed E-state index contributed by atoms with van der Waals surface area (Å²) < 4.78 is 10.9. The molecule has 2 N–H and O–H groups in total. The lowest BCUT2D eigenvalue weighted by molar-refractivity contribution is 0.0621. The Hall–Kier alpha value is -4.20. The Labute approximate surface area is 222 Å². The van der Waals surface area contributed by atoms with Gasteiger partial charge in [-0.3, -0.25) is 10.6 Å². The fourth-order valence-electron chi connectivity index (χ4n) is 2.96. The normalized spacial score (nSPS) is 10.8. The minimum Gasteiger partial charge on any atom is -0.444 e. The number of benzene rings is 2. The van der Waals surface area contributed by atoms with E-state index < -0.39 is 23.4 Å². The lowest BCUT2D eigenvalue weighted by Gasteiger charge is -2.21. The van der Waals surface area contributed by atoms with E-state index in [0.717, 1.165) is 11.1 Å². The van der Waals surface area contributed by atoms with E-state index in [1.54, 1.807) is 41.5 Å². The van der Waals surface area contributed by atoms with Crippen LogP contribution in [0.25, 0.3) is 0 Å². The molecule has 0 radical (unpaired) electrons. The molecule has 6 nitrogen and oxygen atoms in total. The molecular formula is C30H30N2O4S. The fraction of sp³-hybridized carbons (Fsp3) is 0.267. The Balaban J connectivity index is 2.12. The summed E-state index contributed by atoms with van der Waals surface area (Å²) in [6, 6.07) is 18.9. The zero-order valence-corrected chi connectivity index (χ0v) is 22.6. The average molecular weight is 515 g/mol. The largest absolute Gasteiger partial charge is 0.444 e. The zero-order valence-electron chi connectivity index (χ0n) is 21.8. The van der Waals surface area contributed by atoms with Gasteiger partial charge in [-0.1, -0.05) is 48.2 Å². The number of ether oxygens (including phenoxy) is 2. The Bertz CT molecular complexity index is 1270. The first-order valence-electron chi connectivity index (χ1n) is 11.7. The third-order valence-electron chi connectivity index (χ3n) is 4.35. The van der Waals surface area contributed by atoms with Gasteiger partial charge in [0, 0.05) is 11.1 Å². The van der Waals surface area contributed by atoms with Gasteiger partial charge in [0.2, 0.25) is 0 Å². The van der Waals surface area contributed by atoms with Gasteiger partial charge in [0.15, 0.2) is 0 Å². The number of carbonyl (C=O) groups is 2. The first-order valence-corrected chi connectivity index (χ1v) is 12.5. The zero-order chi connectivity index (χ0) is 27.1. The molecule has 190 valence electrons. The summed E-state index contributed by atoms with van der Waals surface area (Å²) in [5, 5.41) is 5.53. The lowest BCUT2D eigenvalue weighted by atomic mass is 10.2. The monoisotopic (exact) mass is 514 g/mol. The molecule has 0 spiro atoms. The highest BCUT2D eigenvalue weighted by molar-refractivity contribution is 7.14. The minimum absolute atomic E-state index is 0.297. The van der Waals surface area contributed by atoms with E-state index in [2.05, 4.69) is 34.3 Å². The van der Waals surface area contributed by atoms with Crippen LogP contribution in [0.4, 0.5) is 21.0 Å². The van der Waals surface area contributed by atoms with Crippen molar-refractivity contribution in [2.45, 2.75) is 52.7 Å². The second-order valence-corrected chi connectivity index (χ2v) is 11.0. The summed E-state index contributed by atoms with van der Waals surface area (Å²) in [7, 11) is 0. The van der Waals surface area contributed by atoms with Crippen molar-refractivity contribution < 1.29 is 19.1 Å². The number of hydrogen-bond acceptors (Lipinski definition) is 5. The molecule has 0 aliphatic carbocycles. The van der Waals surface area contributed by atoms with Crippen LogP contribution in [0.15, 0.2) is 60.7 Å². The molecule has 0 unspecified atom stereocenters. The molecule has 1 aromatic heterocycles. The molecule has 0 saturated heterocycles. The van der Waals surface area contributed by atoms with E-state index >= 15 is 0 Å². The molecule has 3 aromatic rings. The van der Waals surface area contributed by atoms with Crippen molar-refractivity contribution in [2.24, 2.45) is 0 Å². The van der Waals surface area contributed by atoms with E-state index in [1.807, 2.05) is 60.7 Å². The second-order valence-electron chi connectivity index (χ2n) is 10.00. The van der Waals surface area contributed by atoms with E-state index in [1.165, 1.54) is 11.3 Å². The van der Waals surface area contributed by atoms with Crippen molar-refractivity contribution >= 4 is 34.9 Å². The van der Waals surface area contributed by atoms with Gasteiger partial charge in [-0.15, -0.1) is 11.3 Å². The van der Waals surface area contributed by atoms with E-state index in [4.69, 9.17) is 9.47 Å². The van der Waals surface area contributed by atoms with Crippen molar-refractivity contribution in [1.82, 2.24) is 0 Å². The number of hydrogen-bond donors (Lipinski definition) is 2. The van der Waals surface area contributed by atoms with Gasteiger partial charge in [-0.05, 0) is 77.6 Å². The number of rotatable bonds is 2. The van der Waals surface area contributed by atoms with Gasteiger partial charge < -0.3 is 9.47 Å². The van der Waals surface area contributed by atoms with Crippen LogP contribution in [0.2, 0.25) is 0 Å². The highest BCUT2D eigenvalue weighted by atomic mass is 32.1. The van der Waals surface area contributed by atoms with Gasteiger partial charge in [0.05, 0.1) is 11.4 Å². The maximum absolute atomic E-state index is 12.8. The molecule has 2 amide bonds. The van der Waals surface area contributed by atoms with Crippen LogP contribution in [0, 0.1) is 23.7 Å². The van der Waals surface area contributed by atoms with Crippen LogP contribution >= 0.6 is 11.3 Å². The Morgan fingerprint density at radius 1 is 0.622 bits per heavy atom. The van der Waals surface area contributed by atoms with Gasteiger partial charge in [0.25, 0.3) is 0 Å². The molecule has 0 saturated carbocycles. The number of anilines is 2. The first-order chi connectivity index (χ1) is 17.4. The SMILES string of the molecule is CC(C)(C)OC(=O)Nc1c(C#Cc2ccccc2)sc(C#Cc2ccccc2)c1NC(=O)OC(C)(C)C. The van der Waals surface area contributed by atoms with Gasteiger partial charge in [-0.2, -0.15) is 0 Å². The molecule has 0 atom stereocenters. The molecule has 7 heteroatoms. The van der Waals surface area contributed by atoms with E-state index in [-0.39, 0.29) is 0 Å². The minimum atomic E-state index is -0.718. The summed E-state index contributed by atoms with van der Waals surface area (Å²) in [5.74, 6) is 12.4. The topological polar surface area (TPSA) is 76.7 Å². The number of nitrogens with one attached hydrogen (secondary N) is 2. The van der Waals surface area contributed by atoms with Crippen molar-refractivity contribution in [3.05, 3.63) is 81.5 Å². The Morgan fingerprint density at radius 2 is 0.973 bits per heavy atom. The Morgan fingerprint density at radius 3 is 1.30 bits per heavy atom. The quantitative estimate of drug-likeness (QED) is 0.353. The number of thiophene rings is 1. The highest BCUT2D eigenvalue weighted by Gasteiger charge is 2.25. The van der Waals surface area contributed by atoms with Crippen LogP contribution < -0.4 is 10.6 Å². The summed E-state index contributed by atoms with van der Waals surface area (Å²) in [6.07, 6.45) is -1.36. The van der Waals surface area contributed by atoms with Crippen LogP contribution in [-0.2, 0) is 9.47 Å². The summed E-state index contributed by atoms with van der Waals surface area (Å²) >= 11 is 1.26. The summed E-state index contributed by atoms with van der Waals surface area (Å²) in [6.45, 7) is 10.6. The molecule has 0 aliphatic heterocycles. The lowest BCUT2D eigenvalue weighted by Crippen LogP contribution is -2.29. The van der Waals surface area contributed by atoms with Crippen LogP contribution in [0.3, 0.4) is 0 Å². The van der Waals surface area contributed by atoms with Crippen LogP contribution in [0.5, 0.6) is 0 Å².